The van der Waals surface area contributed by atoms with Crippen LogP contribution in [0.25, 0.3) is 0 Å². The molecule has 3 rings (SSSR count). The van der Waals surface area contributed by atoms with Gasteiger partial charge in [-0.2, -0.15) is 0 Å². The molecular formula is C21H34IN3OS. The van der Waals surface area contributed by atoms with Gasteiger partial charge in [0.25, 0.3) is 0 Å². The largest absolute Gasteiger partial charge is 0.357 e. The lowest BCUT2D eigenvalue weighted by Gasteiger charge is -2.30. The lowest BCUT2D eigenvalue weighted by atomic mass is 9.95. The number of benzene rings is 1. The smallest absolute Gasteiger partial charge is 0.191 e. The van der Waals surface area contributed by atoms with Gasteiger partial charge in [0.15, 0.2) is 5.96 Å². The Hall–Kier alpha value is -0.630. The summed E-state index contributed by atoms with van der Waals surface area (Å²) in [6.45, 7) is 5.88. The number of nitrogens with zero attached hydrogens (tertiary/aromatic N) is 1. The van der Waals surface area contributed by atoms with E-state index in [0.717, 1.165) is 50.5 Å². The Balaban J connectivity index is 0.00000261. The van der Waals surface area contributed by atoms with E-state index in [9.17, 15) is 4.21 Å². The van der Waals surface area contributed by atoms with Crippen LogP contribution in [0.15, 0.2) is 35.3 Å². The van der Waals surface area contributed by atoms with Crippen molar-refractivity contribution in [3.05, 3.63) is 35.9 Å². The SMILES string of the molecule is CCNC(=NCC1CC1c1ccccc1)NC1CCCC(S(=O)CC)C1.I. The fraction of sp³-hybridized carbons (Fsp3) is 0.667. The maximum Gasteiger partial charge on any atom is 0.191 e. The zero-order valence-electron chi connectivity index (χ0n) is 16.5. The molecule has 0 spiro atoms. The molecule has 2 aliphatic carbocycles. The zero-order chi connectivity index (χ0) is 18.4. The van der Waals surface area contributed by atoms with Crippen molar-refractivity contribution in [3.63, 3.8) is 0 Å². The van der Waals surface area contributed by atoms with Crippen LogP contribution in [0, 0.1) is 5.92 Å². The Morgan fingerprint density at radius 1 is 1.19 bits per heavy atom. The second-order valence-corrected chi connectivity index (χ2v) is 9.54. The molecule has 2 saturated carbocycles. The summed E-state index contributed by atoms with van der Waals surface area (Å²) in [7, 11) is -0.680. The second kappa shape index (κ2) is 11.4. The quantitative estimate of drug-likeness (QED) is 0.336. The van der Waals surface area contributed by atoms with Gasteiger partial charge in [-0.3, -0.25) is 9.20 Å². The summed E-state index contributed by atoms with van der Waals surface area (Å²) in [5, 5.41) is 7.34. The summed E-state index contributed by atoms with van der Waals surface area (Å²) in [5.41, 5.74) is 1.45. The van der Waals surface area contributed by atoms with Gasteiger partial charge in [0.05, 0.1) is 0 Å². The third-order valence-corrected chi connectivity index (χ3v) is 7.34. The fourth-order valence-electron chi connectivity index (χ4n) is 4.03. The molecular weight excluding hydrogens is 469 g/mol. The fourth-order valence-corrected chi connectivity index (χ4v) is 5.38. The van der Waals surface area contributed by atoms with Crippen molar-refractivity contribution in [2.75, 3.05) is 18.8 Å². The molecule has 5 atom stereocenters. The van der Waals surface area contributed by atoms with Crippen molar-refractivity contribution in [1.29, 1.82) is 0 Å². The highest BCUT2D eigenvalue weighted by molar-refractivity contribution is 14.0. The van der Waals surface area contributed by atoms with Gasteiger partial charge >= 0.3 is 0 Å². The molecule has 0 radical (unpaired) electrons. The Labute approximate surface area is 183 Å². The van der Waals surface area contributed by atoms with Gasteiger partial charge in [0, 0.05) is 40.9 Å². The van der Waals surface area contributed by atoms with Crippen LogP contribution < -0.4 is 10.6 Å². The van der Waals surface area contributed by atoms with Crippen molar-refractivity contribution in [3.8, 4) is 0 Å². The molecule has 6 heteroatoms. The van der Waals surface area contributed by atoms with Crippen LogP contribution in [-0.4, -0.2) is 40.3 Å². The highest BCUT2D eigenvalue weighted by atomic mass is 127. The van der Waals surface area contributed by atoms with E-state index in [1.165, 1.54) is 12.0 Å². The van der Waals surface area contributed by atoms with E-state index < -0.39 is 10.8 Å². The monoisotopic (exact) mass is 503 g/mol. The van der Waals surface area contributed by atoms with Gasteiger partial charge in [-0.25, -0.2) is 0 Å². The Morgan fingerprint density at radius 3 is 2.67 bits per heavy atom. The van der Waals surface area contributed by atoms with E-state index in [1.54, 1.807) is 0 Å². The number of aliphatic imine (C=N–C) groups is 1. The average Bonchev–Trinajstić information content (AvgIpc) is 3.46. The van der Waals surface area contributed by atoms with Crippen LogP contribution in [0.3, 0.4) is 0 Å². The lowest BCUT2D eigenvalue weighted by molar-refractivity contribution is 0.413. The van der Waals surface area contributed by atoms with Crippen LogP contribution >= 0.6 is 24.0 Å². The van der Waals surface area contributed by atoms with Gasteiger partial charge in [-0.1, -0.05) is 43.7 Å². The van der Waals surface area contributed by atoms with E-state index in [-0.39, 0.29) is 24.0 Å². The Bertz CT molecular complexity index is 625. The molecule has 0 saturated heterocycles. The van der Waals surface area contributed by atoms with Crippen LogP contribution in [0.1, 0.15) is 57.4 Å². The Kier molecular flexibility index (Phi) is 9.56. The summed E-state index contributed by atoms with van der Waals surface area (Å²) < 4.78 is 12.2. The Morgan fingerprint density at radius 2 is 1.96 bits per heavy atom. The van der Waals surface area contributed by atoms with Crippen molar-refractivity contribution >= 4 is 40.7 Å². The molecule has 27 heavy (non-hydrogen) atoms. The van der Waals surface area contributed by atoms with Crippen molar-refractivity contribution in [2.45, 2.75) is 63.2 Å². The van der Waals surface area contributed by atoms with E-state index in [0.29, 0.717) is 23.1 Å². The van der Waals surface area contributed by atoms with E-state index in [4.69, 9.17) is 4.99 Å². The average molecular weight is 503 g/mol. The summed E-state index contributed by atoms with van der Waals surface area (Å²) in [6.07, 6.45) is 5.66. The predicted molar refractivity (Wildman–Crippen MR) is 127 cm³/mol. The molecule has 0 aromatic heterocycles. The maximum absolute atomic E-state index is 12.2. The summed E-state index contributed by atoms with van der Waals surface area (Å²) in [4.78, 5) is 4.85. The minimum Gasteiger partial charge on any atom is -0.357 e. The van der Waals surface area contributed by atoms with Crippen molar-refractivity contribution < 1.29 is 4.21 Å². The summed E-state index contributed by atoms with van der Waals surface area (Å²) >= 11 is 0. The second-order valence-electron chi connectivity index (χ2n) is 7.53. The number of guanidine groups is 1. The standard InChI is InChI=1S/C21H33N3OS.HI/c1-3-22-21(24-18-11-8-12-19(14-18)26(25)4-2)23-15-17-13-20(17)16-9-6-5-7-10-16;/h5-7,9-10,17-20H,3-4,8,11-15H2,1-2H3,(H2,22,23,24);1H. The van der Waals surface area contributed by atoms with E-state index in [2.05, 4.69) is 47.9 Å². The van der Waals surface area contributed by atoms with Crippen molar-refractivity contribution in [1.82, 2.24) is 10.6 Å². The minimum absolute atomic E-state index is 0. The third kappa shape index (κ3) is 6.73. The first-order valence-electron chi connectivity index (χ1n) is 10.2. The maximum atomic E-state index is 12.2. The van der Waals surface area contributed by atoms with Crippen LogP contribution in [-0.2, 0) is 10.8 Å². The molecule has 1 aromatic carbocycles. The minimum atomic E-state index is -0.680. The zero-order valence-corrected chi connectivity index (χ0v) is 19.7. The number of rotatable bonds is 7. The van der Waals surface area contributed by atoms with Crippen LogP contribution in [0.4, 0.5) is 0 Å². The molecule has 152 valence electrons. The van der Waals surface area contributed by atoms with E-state index in [1.807, 2.05) is 6.92 Å². The molecule has 4 nitrogen and oxygen atoms in total. The molecule has 2 fully saturated rings. The molecule has 0 amide bonds. The predicted octanol–water partition coefficient (Wildman–Crippen LogP) is 4.04. The lowest BCUT2D eigenvalue weighted by Crippen LogP contribution is -2.46. The summed E-state index contributed by atoms with van der Waals surface area (Å²) in [6, 6.07) is 11.2. The van der Waals surface area contributed by atoms with Crippen LogP contribution in [0.5, 0.6) is 0 Å². The summed E-state index contributed by atoms with van der Waals surface area (Å²) in [5.74, 6) is 3.04. The number of hydrogen-bond donors (Lipinski definition) is 2. The third-order valence-electron chi connectivity index (χ3n) is 5.60. The highest BCUT2D eigenvalue weighted by Gasteiger charge is 2.37. The van der Waals surface area contributed by atoms with Crippen LogP contribution in [0.2, 0.25) is 0 Å². The van der Waals surface area contributed by atoms with Gasteiger partial charge in [0.2, 0.25) is 0 Å². The molecule has 0 aliphatic heterocycles. The van der Waals surface area contributed by atoms with Gasteiger partial charge < -0.3 is 10.6 Å². The first kappa shape index (κ1) is 22.7. The number of nitrogens with one attached hydrogen (secondary N) is 2. The van der Waals surface area contributed by atoms with E-state index >= 15 is 0 Å². The molecule has 1 aromatic rings. The normalized spacial score (nSPS) is 28.7. The van der Waals surface area contributed by atoms with Gasteiger partial charge in [0.1, 0.15) is 0 Å². The first-order valence-corrected chi connectivity index (χ1v) is 11.6. The molecule has 5 unspecified atom stereocenters. The van der Waals surface area contributed by atoms with Gasteiger partial charge in [-0.05, 0) is 50.0 Å². The molecule has 0 bridgehead atoms. The number of halogens is 1. The van der Waals surface area contributed by atoms with Gasteiger partial charge in [-0.15, -0.1) is 24.0 Å². The first-order chi connectivity index (χ1) is 12.7. The topological polar surface area (TPSA) is 53.5 Å². The molecule has 2 aliphatic rings. The van der Waals surface area contributed by atoms with Crippen molar-refractivity contribution in [2.24, 2.45) is 10.9 Å². The highest BCUT2D eigenvalue weighted by Crippen LogP contribution is 2.47. The molecule has 0 heterocycles. The number of hydrogen-bond acceptors (Lipinski definition) is 2. The molecule has 2 N–H and O–H groups in total.